The number of carbonyl (C=O) groups excluding carboxylic acids is 1. The summed E-state index contributed by atoms with van der Waals surface area (Å²) in [7, 11) is 0. The third-order valence-electron chi connectivity index (χ3n) is 5.64. The maximum absolute atomic E-state index is 12.5. The molecule has 26 heavy (non-hydrogen) atoms. The average Bonchev–Trinajstić information content (AvgIpc) is 3.41. The Bertz CT molecular complexity index is 810. The van der Waals surface area contributed by atoms with Crippen LogP contribution in [-0.4, -0.2) is 18.6 Å². The first-order valence-electron chi connectivity index (χ1n) is 9.08. The molecule has 1 amide bonds. The van der Waals surface area contributed by atoms with Crippen molar-refractivity contribution in [1.82, 2.24) is 5.32 Å². The van der Waals surface area contributed by atoms with Crippen LogP contribution in [0.25, 0.3) is 0 Å². The summed E-state index contributed by atoms with van der Waals surface area (Å²) in [6, 6.07) is 12.6. The molecule has 2 aromatic carbocycles. The molecule has 1 N–H and O–H groups in total. The molecule has 4 heteroatoms. The molecule has 3 nitrogen and oxygen atoms in total. The Hall–Kier alpha value is -1.81. The molecule has 0 aliphatic heterocycles. The van der Waals surface area contributed by atoms with Gasteiger partial charge in [0.15, 0.2) is 6.61 Å². The van der Waals surface area contributed by atoms with Gasteiger partial charge in [-0.3, -0.25) is 4.79 Å². The second-order valence-corrected chi connectivity index (χ2v) is 8.31. The molecule has 1 saturated carbocycles. The van der Waals surface area contributed by atoms with E-state index in [0.29, 0.717) is 0 Å². The minimum Gasteiger partial charge on any atom is -0.483 e. The fourth-order valence-electron chi connectivity index (χ4n) is 3.59. The Morgan fingerprint density at radius 3 is 2.35 bits per heavy atom. The maximum Gasteiger partial charge on any atom is 0.258 e. The van der Waals surface area contributed by atoms with Gasteiger partial charge in [0.05, 0.1) is 0 Å². The van der Waals surface area contributed by atoms with Crippen LogP contribution in [0, 0.1) is 20.8 Å². The predicted molar refractivity (Wildman–Crippen MR) is 109 cm³/mol. The Morgan fingerprint density at radius 2 is 1.73 bits per heavy atom. The standard InChI is InChI=1S/C22H26BrNO2/c1-14-5-6-15(2)21(16(14)3)26-13-20(25)24-17(4)22(11-12-22)18-7-9-19(23)10-8-18/h5-10,17H,11-13H2,1-4H3,(H,24,25). The van der Waals surface area contributed by atoms with Gasteiger partial charge in [-0.1, -0.05) is 40.2 Å². The summed E-state index contributed by atoms with van der Waals surface area (Å²) in [6.07, 6.45) is 2.21. The molecule has 0 spiro atoms. The zero-order valence-corrected chi connectivity index (χ0v) is 17.4. The van der Waals surface area contributed by atoms with E-state index in [1.807, 2.05) is 19.9 Å². The number of amides is 1. The summed E-state index contributed by atoms with van der Waals surface area (Å²) in [5.74, 6) is 0.753. The number of rotatable bonds is 6. The van der Waals surface area contributed by atoms with Crippen LogP contribution >= 0.6 is 15.9 Å². The molecule has 1 aliphatic carbocycles. The van der Waals surface area contributed by atoms with Crippen molar-refractivity contribution in [3.8, 4) is 5.75 Å². The number of halogens is 1. The largest absolute Gasteiger partial charge is 0.483 e. The van der Waals surface area contributed by atoms with Gasteiger partial charge in [-0.15, -0.1) is 0 Å². The highest BCUT2D eigenvalue weighted by molar-refractivity contribution is 9.10. The van der Waals surface area contributed by atoms with Crippen molar-refractivity contribution in [2.75, 3.05) is 6.61 Å². The van der Waals surface area contributed by atoms with E-state index in [9.17, 15) is 4.79 Å². The Labute approximate surface area is 164 Å². The number of benzene rings is 2. The van der Waals surface area contributed by atoms with E-state index in [1.165, 1.54) is 11.1 Å². The normalized spacial score (nSPS) is 16.0. The number of aryl methyl sites for hydroxylation is 2. The third-order valence-corrected chi connectivity index (χ3v) is 6.16. The molecule has 1 unspecified atom stereocenters. The first-order valence-corrected chi connectivity index (χ1v) is 9.88. The third kappa shape index (κ3) is 3.80. The van der Waals surface area contributed by atoms with E-state index in [4.69, 9.17) is 4.74 Å². The highest BCUT2D eigenvalue weighted by atomic mass is 79.9. The van der Waals surface area contributed by atoms with Crippen molar-refractivity contribution < 1.29 is 9.53 Å². The Balaban J connectivity index is 1.62. The van der Waals surface area contributed by atoms with Gasteiger partial charge in [0.1, 0.15) is 5.75 Å². The Kier molecular flexibility index (Phi) is 5.42. The van der Waals surface area contributed by atoms with Crippen LogP contribution in [0.4, 0.5) is 0 Å². The molecule has 1 fully saturated rings. The lowest BCUT2D eigenvalue weighted by atomic mass is 9.89. The van der Waals surface area contributed by atoms with E-state index in [0.717, 1.165) is 34.2 Å². The molecule has 0 bridgehead atoms. The van der Waals surface area contributed by atoms with Gasteiger partial charge in [0.25, 0.3) is 5.91 Å². The lowest BCUT2D eigenvalue weighted by Crippen LogP contribution is -2.43. The zero-order valence-electron chi connectivity index (χ0n) is 15.9. The minimum atomic E-state index is -0.0683. The zero-order chi connectivity index (χ0) is 18.9. The van der Waals surface area contributed by atoms with Crippen molar-refractivity contribution >= 4 is 21.8 Å². The monoisotopic (exact) mass is 415 g/mol. The van der Waals surface area contributed by atoms with Crippen LogP contribution in [0.2, 0.25) is 0 Å². The lowest BCUT2D eigenvalue weighted by molar-refractivity contribution is -0.123. The number of hydrogen-bond donors (Lipinski definition) is 1. The number of hydrogen-bond acceptors (Lipinski definition) is 2. The molecule has 3 rings (SSSR count). The van der Waals surface area contributed by atoms with E-state index in [-0.39, 0.29) is 24.0 Å². The van der Waals surface area contributed by atoms with Crippen LogP contribution in [0.15, 0.2) is 40.9 Å². The summed E-state index contributed by atoms with van der Waals surface area (Å²) in [4.78, 5) is 12.5. The number of ether oxygens (including phenoxy) is 1. The molecular formula is C22H26BrNO2. The molecule has 1 aliphatic rings. The smallest absolute Gasteiger partial charge is 0.258 e. The quantitative estimate of drug-likeness (QED) is 0.721. The fraction of sp³-hybridized carbons (Fsp3) is 0.409. The van der Waals surface area contributed by atoms with Gasteiger partial charge in [0, 0.05) is 15.9 Å². The predicted octanol–water partition coefficient (Wildman–Crippen LogP) is 4.99. The van der Waals surface area contributed by atoms with E-state index in [2.05, 4.69) is 65.4 Å². The van der Waals surface area contributed by atoms with E-state index < -0.39 is 0 Å². The van der Waals surface area contributed by atoms with Crippen molar-refractivity contribution in [1.29, 1.82) is 0 Å². The van der Waals surface area contributed by atoms with Crippen molar-refractivity contribution in [3.63, 3.8) is 0 Å². The molecule has 2 aromatic rings. The molecule has 0 saturated heterocycles. The summed E-state index contributed by atoms with van der Waals surface area (Å²) in [6.45, 7) is 8.24. The summed E-state index contributed by atoms with van der Waals surface area (Å²) in [5.41, 5.74) is 4.68. The number of nitrogens with one attached hydrogen (secondary N) is 1. The van der Waals surface area contributed by atoms with Crippen LogP contribution in [0.3, 0.4) is 0 Å². The maximum atomic E-state index is 12.5. The highest BCUT2D eigenvalue weighted by Crippen LogP contribution is 2.51. The highest BCUT2D eigenvalue weighted by Gasteiger charge is 2.49. The van der Waals surface area contributed by atoms with E-state index >= 15 is 0 Å². The van der Waals surface area contributed by atoms with Crippen LogP contribution in [0.1, 0.15) is 42.0 Å². The number of carbonyl (C=O) groups is 1. The lowest BCUT2D eigenvalue weighted by Gasteiger charge is -2.25. The summed E-state index contributed by atoms with van der Waals surface area (Å²) >= 11 is 3.48. The average molecular weight is 416 g/mol. The fourth-order valence-corrected chi connectivity index (χ4v) is 3.86. The van der Waals surface area contributed by atoms with Crippen LogP contribution < -0.4 is 10.1 Å². The molecule has 138 valence electrons. The van der Waals surface area contributed by atoms with Crippen molar-refractivity contribution in [3.05, 3.63) is 63.1 Å². The Morgan fingerprint density at radius 1 is 1.12 bits per heavy atom. The summed E-state index contributed by atoms with van der Waals surface area (Å²) < 4.78 is 6.92. The van der Waals surface area contributed by atoms with Crippen molar-refractivity contribution in [2.45, 2.75) is 52.0 Å². The first-order chi connectivity index (χ1) is 12.3. The topological polar surface area (TPSA) is 38.3 Å². The van der Waals surface area contributed by atoms with E-state index in [1.54, 1.807) is 0 Å². The van der Waals surface area contributed by atoms with Gasteiger partial charge >= 0.3 is 0 Å². The van der Waals surface area contributed by atoms with Gasteiger partial charge in [-0.2, -0.15) is 0 Å². The molecular weight excluding hydrogens is 390 g/mol. The molecule has 0 heterocycles. The van der Waals surface area contributed by atoms with Crippen LogP contribution in [-0.2, 0) is 10.2 Å². The second kappa shape index (κ2) is 7.43. The van der Waals surface area contributed by atoms with Gasteiger partial charge < -0.3 is 10.1 Å². The molecule has 0 radical (unpaired) electrons. The van der Waals surface area contributed by atoms with Gasteiger partial charge in [-0.05, 0) is 74.9 Å². The molecule has 0 aromatic heterocycles. The minimum absolute atomic E-state index is 0.0475. The van der Waals surface area contributed by atoms with Crippen LogP contribution in [0.5, 0.6) is 5.75 Å². The second-order valence-electron chi connectivity index (χ2n) is 7.39. The molecule has 1 atom stereocenters. The SMILES string of the molecule is Cc1ccc(C)c(OCC(=O)NC(C)C2(c3ccc(Br)cc3)CC2)c1C. The van der Waals surface area contributed by atoms with Gasteiger partial charge in [-0.25, -0.2) is 0 Å². The summed E-state index contributed by atoms with van der Waals surface area (Å²) in [5, 5.41) is 3.14. The first kappa shape index (κ1) is 19.0. The van der Waals surface area contributed by atoms with Crippen molar-refractivity contribution in [2.24, 2.45) is 0 Å². The van der Waals surface area contributed by atoms with Gasteiger partial charge in [0.2, 0.25) is 0 Å².